The molecule has 1 saturated heterocycles. The van der Waals surface area contributed by atoms with E-state index in [1.165, 1.54) is 7.11 Å². The zero-order valence-electron chi connectivity index (χ0n) is 10.4. The van der Waals surface area contributed by atoms with Gasteiger partial charge in [0.15, 0.2) is 0 Å². The van der Waals surface area contributed by atoms with Gasteiger partial charge in [0.2, 0.25) is 0 Å². The lowest BCUT2D eigenvalue weighted by Crippen LogP contribution is -2.18. The smallest absolute Gasteiger partial charge is 0.310 e. The summed E-state index contributed by atoms with van der Waals surface area (Å²) < 4.78 is 15.6. The Morgan fingerprint density at radius 3 is 2.89 bits per heavy atom. The van der Waals surface area contributed by atoms with Gasteiger partial charge in [0.05, 0.1) is 20.1 Å². The molecule has 0 radical (unpaired) electrons. The van der Waals surface area contributed by atoms with Gasteiger partial charge in [0.25, 0.3) is 0 Å². The van der Waals surface area contributed by atoms with Crippen LogP contribution in [-0.4, -0.2) is 31.9 Å². The number of rotatable bonds is 5. The first kappa shape index (κ1) is 13.2. The Morgan fingerprint density at radius 2 is 2.28 bits per heavy atom. The fraction of sp³-hybridized carbons (Fsp3) is 0.462. The van der Waals surface area contributed by atoms with E-state index in [-0.39, 0.29) is 18.0 Å². The number of ether oxygens (including phenoxy) is 3. The fourth-order valence-electron chi connectivity index (χ4n) is 1.49. The van der Waals surface area contributed by atoms with E-state index in [1.54, 1.807) is 18.2 Å². The molecule has 18 heavy (non-hydrogen) atoms. The predicted octanol–water partition coefficient (Wildman–Crippen LogP) is 2.22. The molecule has 1 heterocycles. The summed E-state index contributed by atoms with van der Waals surface area (Å²) in [5.74, 6) is 0.317. The lowest BCUT2D eigenvalue weighted by Gasteiger charge is -2.13. The number of halogens is 1. The Labute approximate surface area is 111 Å². The van der Waals surface area contributed by atoms with E-state index < -0.39 is 0 Å². The van der Waals surface area contributed by atoms with Crippen molar-refractivity contribution in [3.63, 3.8) is 0 Å². The molecule has 4 nitrogen and oxygen atoms in total. The van der Waals surface area contributed by atoms with Crippen molar-refractivity contribution in [1.29, 1.82) is 0 Å². The lowest BCUT2D eigenvalue weighted by atomic mass is 10.1. The van der Waals surface area contributed by atoms with Crippen LogP contribution in [0.5, 0.6) is 5.75 Å². The van der Waals surface area contributed by atoms with E-state index in [0.717, 1.165) is 5.56 Å². The second kappa shape index (κ2) is 5.16. The summed E-state index contributed by atoms with van der Waals surface area (Å²) in [4.78, 5) is 11.3. The number of esters is 1. The summed E-state index contributed by atoms with van der Waals surface area (Å²) >= 11 is 5.91. The van der Waals surface area contributed by atoms with E-state index >= 15 is 0 Å². The van der Waals surface area contributed by atoms with Gasteiger partial charge < -0.3 is 14.2 Å². The van der Waals surface area contributed by atoms with Gasteiger partial charge in [-0.15, -0.1) is 0 Å². The van der Waals surface area contributed by atoms with Gasteiger partial charge in [-0.1, -0.05) is 11.6 Å². The monoisotopic (exact) mass is 270 g/mol. The maximum atomic E-state index is 11.3. The maximum absolute atomic E-state index is 11.3. The van der Waals surface area contributed by atoms with E-state index in [4.69, 9.17) is 21.1 Å². The number of carbonyl (C=O) groups excluding carboxylic acids is 1. The minimum atomic E-state index is -0.323. The summed E-state index contributed by atoms with van der Waals surface area (Å²) in [5.41, 5.74) is 0.529. The number of hydrogen-bond donors (Lipinski definition) is 0. The van der Waals surface area contributed by atoms with Crippen LogP contribution in [0.4, 0.5) is 0 Å². The molecule has 0 spiro atoms. The topological polar surface area (TPSA) is 48.1 Å². The molecular formula is C13H15ClO4. The molecule has 5 heteroatoms. The maximum Gasteiger partial charge on any atom is 0.310 e. The second-order valence-corrected chi connectivity index (χ2v) is 4.97. The highest BCUT2D eigenvalue weighted by Crippen LogP contribution is 2.29. The zero-order chi connectivity index (χ0) is 13.2. The van der Waals surface area contributed by atoms with Crippen molar-refractivity contribution in [2.45, 2.75) is 18.9 Å². The molecule has 1 aromatic carbocycles. The van der Waals surface area contributed by atoms with Crippen LogP contribution >= 0.6 is 11.6 Å². The van der Waals surface area contributed by atoms with E-state index in [0.29, 0.717) is 24.0 Å². The van der Waals surface area contributed by atoms with Crippen molar-refractivity contribution >= 4 is 17.6 Å². The average molecular weight is 271 g/mol. The largest absolute Gasteiger partial charge is 0.490 e. The van der Waals surface area contributed by atoms with Crippen LogP contribution in [0.3, 0.4) is 0 Å². The van der Waals surface area contributed by atoms with Crippen molar-refractivity contribution < 1.29 is 19.0 Å². The van der Waals surface area contributed by atoms with Crippen molar-refractivity contribution in [1.82, 2.24) is 0 Å². The molecule has 0 amide bonds. The van der Waals surface area contributed by atoms with Crippen molar-refractivity contribution in [2.24, 2.45) is 0 Å². The molecule has 1 atom stereocenters. The Bertz CT molecular complexity index is 454. The van der Waals surface area contributed by atoms with Gasteiger partial charge in [-0.25, -0.2) is 0 Å². The van der Waals surface area contributed by atoms with Crippen LogP contribution in [0.15, 0.2) is 18.2 Å². The number of hydrogen-bond acceptors (Lipinski definition) is 4. The standard InChI is InChI=1S/C13H15ClO4/c1-13(8-18-13)7-17-11-4-3-10(14)5-9(11)6-12(15)16-2/h3-5H,6-8H2,1-2H3/t13-/m1/s1. The molecule has 98 valence electrons. The van der Waals surface area contributed by atoms with Crippen LogP contribution < -0.4 is 4.74 Å². The molecule has 0 aromatic heterocycles. The highest BCUT2D eigenvalue weighted by atomic mass is 35.5. The lowest BCUT2D eigenvalue weighted by molar-refractivity contribution is -0.139. The summed E-state index contributed by atoms with van der Waals surface area (Å²) in [6.45, 7) is 3.14. The molecule has 0 bridgehead atoms. The summed E-state index contributed by atoms with van der Waals surface area (Å²) in [6, 6.07) is 5.20. The van der Waals surface area contributed by atoms with Crippen molar-refractivity contribution in [2.75, 3.05) is 20.3 Å². The SMILES string of the molecule is COC(=O)Cc1cc(Cl)ccc1OC[C@]1(C)CO1. The third-order valence-electron chi connectivity index (χ3n) is 2.76. The second-order valence-electron chi connectivity index (χ2n) is 4.53. The average Bonchev–Trinajstić information content (AvgIpc) is 3.06. The first-order valence-corrected chi connectivity index (χ1v) is 6.02. The molecule has 2 rings (SSSR count). The van der Waals surface area contributed by atoms with Crippen LogP contribution in [0.25, 0.3) is 0 Å². The van der Waals surface area contributed by atoms with Crippen LogP contribution in [0, 0.1) is 0 Å². The first-order chi connectivity index (χ1) is 8.52. The molecule has 0 N–H and O–H groups in total. The summed E-state index contributed by atoms with van der Waals surface area (Å²) in [7, 11) is 1.35. The van der Waals surface area contributed by atoms with Gasteiger partial charge in [-0.05, 0) is 25.1 Å². The fourth-order valence-corrected chi connectivity index (χ4v) is 1.69. The Morgan fingerprint density at radius 1 is 1.56 bits per heavy atom. The highest BCUT2D eigenvalue weighted by Gasteiger charge is 2.40. The van der Waals surface area contributed by atoms with Gasteiger partial charge in [-0.2, -0.15) is 0 Å². The first-order valence-electron chi connectivity index (χ1n) is 5.64. The zero-order valence-corrected chi connectivity index (χ0v) is 11.1. The normalized spacial score (nSPS) is 21.5. The predicted molar refractivity (Wildman–Crippen MR) is 67.0 cm³/mol. The molecule has 0 saturated carbocycles. The third kappa shape index (κ3) is 3.37. The molecule has 0 aliphatic carbocycles. The number of methoxy groups -OCH3 is 1. The molecule has 1 fully saturated rings. The summed E-state index contributed by atoms with van der Waals surface area (Å²) in [5, 5.41) is 0.565. The van der Waals surface area contributed by atoms with Gasteiger partial charge >= 0.3 is 5.97 Å². The molecule has 1 aliphatic rings. The Balaban J connectivity index is 2.09. The minimum absolute atomic E-state index is 0.143. The van der Waals surface area contributed by atoms with Crippen LogP contribution in [-0.2, 0) is 20.7 Å². The minimum Gasteiger partial charge on any atom is -0.490 e. The third-order valence-corrected chi connectivity index (χ3v) is 2.99. The molecule has 1 aromatic rings. The van der Waals surface area contributed by atoms with Crippen LogP contribution in [0.2, 0.25) is 5.02 Å². The number of epoxide rings is 1. The van der Waals surface area contributed by atoms with E-state index in [9.17, 15) is 4.79 Å². The molecular weight excluding hydrogens is 256 g/mol. The van der Waals surface area contributed by atoms with Gasteiger partial charge in [0.1, 0.15) is 18.0 Å². The van der Waals surface area contributed by atoms with Gasteiger partial charge in [0, 0.05) is 10.6 Å². The van der Waals surface area contributed by atoms with Crippen molar-refractivity contribution in [3.05, 3.63) is 28.8 Å². The van der Waals surface area contributed by atoms with E-state index in [1.807, 2.05) is 6.92 Å². The molecule has 0 unspecified atom stereocenters. The van der Waals surface area contributed by atoms with Crippen LogP contribution in [0.1, 0.15) is 12.5 Å². The van der Waals surface area contributed by atoms with Gasteiger partial charge in [-0.3, -0.25) is 4.79 Å². The quantitative estimate of drug-likeness (QED) is 0.608. The number of carbonyl (C=O) groups is 1. The van der Waals surface area contributed by atoms with E-state index in [2.05, 4.69) is 4.74 Å². The number of benzene rings is 1. The summed E-state index contributed by atoms with van der Waals surface area (Å²) in [6.07, 6.45) is 0.143. The highest BCUT2D eigenvalue weighted by molar-refractivity contribution is 6.30. The molecule has 1 aliphatic heterocycles. The Kier molecular flexibility index (Phi) is 3.78. The Hall–Kier alpha value is -1.26. The van der Waals surface area contributed by atoms with Crippen molar-refractivity contribution in [3.8, 4) is 5.75 Å².